The third-order valence-corrected chi connectivity index (χ3v) is 3.20. The molecule has 7 heteroatoms. The lowest BCUT2D eigenvalue weighted by molar-refractivity contribution is 0.0516. The van der Waals surface area contributed by atoms with Crippen molar-refractivity contribution in [3.05, 3.63) is 51.2 Å². The van der Waals surface area contributed by atoms with Gasteiger partial charge < -0.3 is 9.25 Å². The fourth-order valence-electron chi connectivity index (χ4n) is 1.72. The van der Waals surface area contributed by atoms with Crippen LogP contribution in [0.3, 0.4) is 0 Å². The Hall–Kier alpha value is -1.85. The van der Waals surface area contributed by atoms with Gasteiger partial charge in [0.25, 0.3) is 0 Å². The number of rotatable bonds is 3. The highest BCUT2D eigenvalue weighted by Gasteiger charge is 2.14. The molecule has 0 saturated carbocycles. The fourth-order valence-corrected chi connectivity index (χ4v) is 2.21. The first-order valence-electron chi connectivity index (χ1n) is 6.04. The minimum absolute atomic E-state index is 0.183. The number of halogens is 2. The highest BCUT2D eigenvalue weighted by atomic mass is 35.5. The van der Waals surface area contributed by atoms with Crippen LogP contribution in [0.15, 0.2) is 27.8 Å². The van der Waals surface area contributed by atoms with Crippen LogP contribution in [0.25, 0.3) is 0 Å². The van der Waals surface area contributed by atoms with Crippen molar-refractivity contribution in [3.8, 4) is 0 Å². The van der Waals surface area contributed by atoms with Crippen LogP contribution in [-0.4, -0.2) is 16.7 Å². The highest BCUT2D eigenvalue weighted by molar-refractivity contribution is 6.36. The van der Waals surface area contributed by atoms with Gasteiger partial charge in [-0.3, -0.25) is 0 Å². The van der Waals surface area contributed by atoms with Gasteiger partial charge in [-0.1, -0.05) is 28.4 Å². The Morgan fingerprint density at radius 3 is 2.62 bits per heavy atom. The third-order valence-electron chi connectivity index (χ3n) is 2.65. The van der Waals surface area contributed by atoms with Gasteiger partial charge in [0.15, 0.2) is 11.7 Å². The molecule has 2 aromatic rings. The molecule has 2 rings (SSSR count). The Bertz CT molecular complexity index is 723. The zero-order chi connectivity index (χ0) is 15.6. The maximum Gasteiger partial charge on any atom is 0.367 e. The molecule has 0 fully saturated rings. The number of hydrogen-bond donors (Lipinski definition) is 0. The van der Waals surface area contributed by atoms with Crippen molar-refractivity contribution < 1.29 is 14.0 Å². The first-order valence-corrected chi connectivity index (χ1v) is 6.79. The zero-order valence-corrected chi connectivity index (χ0v) is 13.1. The van der Waals surface area contributed by atoms with Gasteiger partial charge in [-0.25, -0.2) is 9.78 Å². The largest absolute Gasteiger partial charge is 0.439 e. The fraction of sp³-hybridized carbons (Fsp3) is 0.214. The average molecular weight is 327 g/mol. The summed E-state index contributed by atoms with van der Waals surface area (Å²) < 4.78 is 5.38. The maximum absolute atomic E-state index is 11.9. The van der Waals surface area contributed by atoms with Crippen LogP contribution in [-0.2, 0) is 4.84 Å². The molecule has 110 valence electrons. The number of nitrogens with zero attached hydrogens (tertiary/aromatic N) is 2. The lowest BCUT2D eigenvalue weighted by Crippen LogP contribution is -2.05. The van der Waals surface area contributed by atoms with Gasteiger partial charge >= 0.3 is 5.97 Å². The quantitative estimate of drug-likeness (QED) is 0.482. The van der Waals surface area contributed by atoms with E-state index in [1.54, 1.807) is 26.8 Å². The number of carbonyl (C=O) groups excluding carboxylic acids is 1. The van der Waals surface area contributed by atoms with E-state index in [4.69, 9.17) is 32.5 Å². The summed E-state index contributed by atoms with van der Waals surface area (Å²) >= 11 is 11.7. The van der Waals surface area contributed by atoms with Crippen molar-refractivity contribution in [1.82, 2.24) is 4.98 Å². The SMILES string of the molecule is C/C(=N\OC(=O)c1ccc(Cl)cc1Cl)c1oc(C)nc1C. The summed E-state index contributed by atoms with van der Waals surface area (Å²) in [7, 11) is 0. The summed E-state index contributed by atoms with van der Waals surface area (Å²) in [6.45, 7) is 5.16. The predicted octanol–water partition coefficient (Wildman–Crippen LogP) is 4.18. The Labute approximate surface area is 131 Å². The van der Waals surface area contributed by atoms with Gasteiger partial charge in [0.2, 0.25) is 0 Å². The molecule has 0 bridgehead atoms. The molecule has 0 unspecified atom stereocenters. The van der Waals surface area contributed by atoms with Crippen LogP contribution in [0.5, 0.6) is 0 Å². The van der Waals surface area contributed by atoms with E-state index in [2.05, 4.69) is 10.1 Å². The van der Waals surface area contributed by atoms with Crippen molar-refractivity contribution in [3.63, 3.8) is 0 Å². The molecule has 0 amide bonds. The van der Waals surface area contributed by atoms with Crippen LogP contribution < -0.4 is 0 Å². The lowest BCUT2D eigenvalue weighted by atomic mass is 10.2. The lowest BCUT2D eigenvalue weighted by Gasteiger charge is -2.02. The van der Waals surface area contributed by atoms with Gasteiger partial charge in [0, 0.05) is 11.9 Å². The van der Waals surface area contributed by atoms with E-state index in [1.165, 1.54) is 12.1 Å². The van der Waals surface area contributed by atoms with E-state index >= 15 is 0 Å². The van der Waals surface area contributed by atoms with E-state index in [9.17, 15) is 4.79 Å². The maximum atomic E-state index is 11.9. The molecular weight excluding hydrogens is 315 g/mol. The topological polar surface area (TPSA) is 64.7 Å². The van der Waals surface area contributed by atoms with Crippen molar-refractivity contribution in [2.45, 2.75) is 20.8 Å². The van der Waals surface area contributed by atoms with Crippen LogP contribution >= 0.6 is 23.2 Å². The second-order valence-corrected chi connectivity index (χ2v) is 5.17. The van der Waals surface area contributed by atoms with Gasteiger partial charge in [0.1, 0.15) is 5.71 Å². The minimum Gasteiger partial charge on any atom is -0.439 e. The molecule has 0 atom stereocenters. The van der Waals surface area contributed by atoms with Crippen LogP contribution in [0.4, 0.5) is 0 Å². The molecule has 21 heavy (non-hydrogen) atoms. The first-order chi connectivity index (χ1) is 9.88. The number of hydrogen-bond acceptors (Lipinski definition) is 5. The predicted molar refractivity (Wildman–Crippen MR) is 80.1 cm³/mol. The van der Waals surface area contributed by atoms with Gasteiger partial charge in [0.05, 0.1) is 16.3 Å². The molecule has 0 aliphatic carbocycles. The summed E-state index contributed by atoms with van der Waals surface area (Å²) in [6.07, 6.45) is 0. The van der Waals surface area contributed by atoms with E-state index in [0.29, 0.717) is 28.1 Å². The second-order valence-electron chi connectivity index (χ2n) is 4.33. The summed E-state index contributed by atoms with van der Waals surface area (Å²) in [5, 5.41) is 4.39. The van der Waals surface area contributed by atoms with Gasteiger partial charge in [-0.2, -0.15) is 0 Å². The van der Waals surface area contributed by atoms with E-state index in [-0.39, 0.29) is 10.6 Å². The van der Waals surface area contributed by atoms with Gasteiger partial charge in [-0.15, -0.1) is 0 Å². The zero-order valence-electron chi connectivity index (χ0n) is 11.6. The number of oxazole rings is 1. The molecule has 1 aromatic heterocycles. The number of aryl methyl sites for hydroxylation is 2. The second kappa shape index (κ2) is 6.28. The number of carbonyl (C=O) groups is 1. The molecule has 1 aromatic carbocycles. The smallest absolute Gasteiger partial charge is 0.367 e. The Balaban J connectivity index is 2.16. The molecule has 5 nitrogen and oxygen atoms in total. The Morgan fingerprint density at radius 2 is 2.05 bits per heavy atom. The summed E-state index contributed by atoms with van der Waals surface area (Å²) in [5.41, 5.74) is 1.27. The van der Waals surface area contributed by atoms with Crippen molar-refractivity contribution >= 4 is 34.9 Å². The first kappa shape index (κ1) is 15.5. The van der Waals surface area contributed by atoms with E-state index in [0.717, 1.165) is 0 Å². The molecule has 0 saturated heterocycles. The van der Waals surface area contributed by atoms with Gasteiger partial charge in [-0.05, 0) is 32.0 Å². The summed E-state index contributed by atoms with van der Waals surface area (Å²) in [5.74, 6) is 0.316. The molecule has 0 N–H and O–H groups in total. The number of aromatic nitrogens is 1. The van der Waals surface area contributed by atoms with E-state index < -0.39 is 5.97 Å². The van der Waals surface area contributed by atoms with Crippen LogP contribution in [0.2, 0.25) is 10.0 Å². The molecule has 0 aliphatic rings. The summed E-state index contributed by atoms with van der Waals surface area (Å²) in [6, 6.07) is 4.48. The highest BCUT2D eigenvalue weighted by Crippen LogP contribution is 2.21. The molecule has 0 spiro atoms. The molecule has 0 aliphatic heterocycles. The summed E-state index contributed by atoms with van der Waals surface area (Å²) in [4.78, 5) is 20.9. The standard InChI is InChI=1S/C14H12Cl2N2O3/c1-7-13(20-9(3)17-7)8(2)18-21-14(19)11-5-4-10(15)6-12(11)16/h4-6H,1-3H3/b18-8+. The number of oxime groups is 1. The Kier molecular flexibility index (Phi) is 4.65. The Morgan fingerprint density at radius 1 is 1.33 bits per heavy atom. The minimum atomic E-state index is -0.676. The van der Waals surface area contributed by atoms with Crippen LogP contribution in [0.1, 0.15) is 34.6 Å². The van der Waals surface area contributed by atoms with Crippen LogP contribution in [0, 0.1) is 13.8 Å². The van der Waals surface area contributed by atoms with Crippen molar-refractivity contribution in [2.24, 2.45) is 5.16 Å². The molecular formula is C14H12Cl2N2O3. The van der Waals surface area contributed by atoms with Crippen molar-refractivity contribution in [1.29, 1.82) is 0 Å². The average Bonchev–Trinajstić information content (AvgIpc) is 2.74. The normalized spacial score (nSPS) is 11.6. The molecule has 1 heterocycles. The van der Waals surface area contributed by atoms with E-state index in [1.807, 2.05) is 0 Å². The van der Waals surface area contributed by atoms with Crippen molar-refractivity contribution in [2.75, 3.05) is 0 Å². The monoisotopic (exact) mass is 326 g/mol. The third kappa shape index (κ3) is 3.62. The molecule has 0 radical (unpaired) electrons. The number of benzene rings is 1.